The molecule has 172 valence electrons. The van der Waals surface area contributed by atoms with E-state index in [-0.39, 0.29) is 11.3 Å². The average molecular weight is 461 g/mol. The molecule has 3 aromatic heterocycles. The van der Waals surface area contributed by atoms with Crippen molar-refractivity contribution in [1.29, 1.82) is 0 Å². The van der Waals surface area contributed by atoms with Gasteiger partial charge < -0.3 is 4.74 Å². The predicted octanol–water partition coefficient (Wildman–Crippen LogP) is 4.89. The van der Waals surface area contributed by atoms with Crippen molar-refractivity contribution < 1.29 is 13.5 Å². The molecule has 0 radical (unpaired) electrons. The van der Waals surface area contributed by atoms with Gasteiger partial charge in [0.15, 0.2) is 0 Å². The van der Waals surface area contributed by atoms with Crippen LogP contribution in [-0.4, -0.2) is 31.2 Å². The molecule has 0 unspecified atom stereocenters. The average Bonchev–Trinajstić information content (AvgIpc) is 3.18. The van der Waals surface area contributed by atoms with Crippen molar-refractivity contribution in [3.8, 4) is 22.6 Å². The summed E-state index contributed by atoms with van der Waals surface area (Å²) in [5, 5.41) is 9.84. The Morgan fingerprint density at radius 1 is 1.00 bits per heavy atom. The largest absolute Gasteiger partial charge is 0.435 e. The van der Waals surface area contributed by atoms with E-state index in [1.165, 1.54) is 16.8 Å². The Hall–Kier alpha value is -4.14. The van der Waals surface area contributed by atoms with Gasteiger partial charge in [0.05, 0.1) is 16.8 Å². The third-order valence-electron chi connectivity index (χ3n) is 5.50. The lowest BCUT2D eigenvalue weighted by molar-refractivity contribution is -0.0498. The minimum atomic E-state index is -2.93. The number of ether oxygens (including phenoxy) is 1. The van der Waals surface area contributed by atoms with Crippen LogP contribution in [-0.2, 0) is 13.5 Å². The second-order valence-corrected chi connectivity index (χ2v) is 7.96. The van der Waals surface area contributed by atoms with Crippen LogP contribution >= 0.6 is 0 Å². The Labute approximate surface area is 193 Å². The molecule has 0 aliphatic heterocycles. The van der Waals surface area contributed by atoms with Crippen molar-refractivity contribution >= 4 is 21.9 Å². The summed E-state index contributed by atoms with van der Waals surface area (Å²) < 4.78 is 32.7. The number of rotatable bonds is 6. The molecule has 7 nitrogen and oxygen atoms in total. The van der Waals surface area contributed by atoms with Gasteiger partial charge in [0.2, 0.25) is 0 Å². The smallest absolute Gasteiger partial charge is 0.387 e. The molecule has 5 aromatic rings. The fraction of sp³-hybridized carbons (Fsp3) is 0.200. The van der Waals surface area contributed by atoms with Crippen molar-refractivity contribution in [3.63, 3.8) is 0 Å². The summed E-state index contributed by atoms with van der Waals surface area (Å²) in [7, 11) is 1.83. The maximum atomic E-state index is 13.7. The lowest BCUT2D eigenvalue weighted by Crippen LogP contribution is -2.23. The molecule has 9 heteroatoms. The Kier molecular flexibility index (Phi) is 5.53. The van der Waals surface area contributed by atoms with Gasteiger partial charge in [0, 0.05) is 24.3 Å². The first-order valence-corrected chi connectivity index (χ1v) is 10.8. The Balaban J connectivity index is 1.74. The van der Waals surface area contributed by atoms with Crippen LogP contribution in [0.3, 0.4) is 0 Å². The van der Waals surface area contributed by atoms with E-state index in [1.807, 2.05) is 37.5 Å². The Morgan fingerprint density at radius 2 is 1.76 bits per heavy atom. The number of aromatic nitrogens is 5. The quantitative estimate of drug-likeness (QED) is 0.360. The van der Waals surface area contributed by atoms with Gasteiger partial charge in [-0.05, 0) is 54.4 Å². The van der Waals surface area contributed by atoms with Crippen molar-refractivity contribution in [1.82, 2.24) is 24.5 Å². The molecule has 2 aromatic carbocycles. The zero-order valence-electron chi connectivity index (χ0n) is 18.6. The zero-order valence-corrected chi connectivity index (χ0v) is 18.6. The van der Waals surface area contributed by atoms with Gasteiger partial charge in [0.25, 0.3) is 5.56 Å². The molecule has 34 heavy (non-hydrogen) atoms. The third kappa shape index (κ3) is 4.00. The summed E-state index contributed by atoms with van der Waals surface area (Å²) in [4.78, 5) is 18.5. The summed E-state index contributed by atoms with van der Waals surface area (Å²) in [6.07, 6.45) is 3.53. The first kappa shape index (κ1) is 21.7. The van der Waals surface area contributed by atoms with Gasteiger partial charge in [-0.15, -0.1) is 0 Å². The van der Waals surface area contributed by atoms with Gasteiger partial charge in [-0.1, -0.05) is 25.5 Å². The third-order valence-corrected chi connectivity index (χ3v) is 5.50. The Morgan fingerprint density at radius 3 is 2.50 bits per heavy atom. The maximum Gasteiger partial charge on any atom is 0.387 e. The van der Waals surface area contributed by atoms with Crippen molar-refractivity contribution in [3.05, 3.63) is 76.8 Å². The van der Waals surface area contributed by atoms with Crippen molar-refractivity contribution in [2.45, 2.75) is 26.4 Å². The molecule has 0 spiro atoms. The van der Waals surface area contributed by atoms with Crippen LogP contribution in [0, 0.1) is 0 Å². The van der Waals surface area contributed by atoms with E-state index in [2.05, 4.69) is 21.9 Å². The highest BCUT2D eigenvalue weighted by Crippen LogP contribution is 2.27. The topological polar surface area (TPSA) is 74.8 Å². The number of hydrogen-bond donors (Lipinski definition) is 0. The van der Waals surface area contributed by atoms with Crippen molar-refractivity contribution in [2.75, 3.05) is 0 Å². The summed E-state index contributed by atoms with van der Waals surface area (Å²) in [5.74, 6) is 0.0131. The van der Waals surface area contributed by atoms with Crippen molar-refractivity contribution in [2.24, 2.45) is 7.05 Å². The summed E-state index contributed by atoms with van der Waals surface area (Å²) in [5.41, 5.74) is 3.79. The van der Waals surface area contributed by atoms with Gasteiger partial charge >= 0.3 is 6.61 Å². The van der Waals surface area contributed by atoms with E-state index in [1.54, 1.807) is 22.9 Å². The molecule has 0 aliphatic carbocycles. The Bertz CT molecular complexity index is 1560. The fourth-order valence-corrected chi connectivity index (χ4v) is 4.02. The van der Waals surface area contributed by atoms with Crippen LogP contribution in [0.15, 0.2) is 65.6 Å². The molecule has 0 amide bonds. The molecule has 3 heterocycles. The predicted molar refractivity (Wildman–Crippen MR) is 125 cm³/mol. The number of aryl methyl sites for hydroxylation is 2. The summed E-state index contributed by atoms with van der Waals surface area (Å²) in [6, 6.07) is 15.2. The summed E-state index contributed by atoms with van der Waals surface area (Å²) >= 11 is 0. The minimum absolute atomic E-state index is 0.0131. The lowest BCUT2D eigenvalue weighted by atomic mass is 10.0. The van der Waals surface area contributed by atoms with Crippen LogP contribution < -0.4 is 10.3 Å². The molecule has 0 N–H and O–H groups in total. The van der Waals surface area contributed by atoms with Crippen LogP contribution in [0.25, 0.3) is 38.8 Å². The summed E-state index contributed by atoms with van der Waals surface area (Å²) in [6.45, 7) is -0.871. The van der Waals surface area contributed by atoms with Crippen LogP contribution in [0.4, 0.5) is 8.78 Å². The fourth-order valence-electron chi connectivity index (χ4n) is 4.02. The van der Waals surface area contributed by atoms with E-state index in [4.69, 9.17) is 4.98 Å². The first-order chi connectivity index (χ1) is 16.4. The van der Waals surface area contributed by atoms with Gasteiger partial charge in [-0.25, -0.2) is 0 Å². The van der Waals surface area contributed by atoms with E-state index < -0.39 is 6.61 Å². The zero-order chi connectivity index (χ0) is 23.8. The van der Waals surface area contributed by atoms with Crippen LogP contribution in [0.2, 0.25) is 0 Å². The first-order valence-electron chi connectivity index (χ1n) is 10.8. The highest BCUT2D eigenvalue weighted by atomic mass is 19.3. The lowest BCUT2D eigenvalue weighted by Gasteiger charge is -2.12. The molecule has 0 aliphatic rings. The molecule has 5 rings (SSSR count). The van der Waals surface area contributed by atoms with E-state index in [9.17, 15) is 13.6 Å². The highest BCUT2D eigenvalue weighted by Gasteiger charge is 2.18. The van der Waals surface area contributed by atoms with E-state index >= 15 is 0 Å². The van der Waals surface area contributed by atoms with Gasteiger partial charge in [0.1, 0.15) is 16.8 Å². The van der Waals surface area contributed by atoms with Crippen LogP contribution in [0.1, 0.15) is 19.0 Å². The highest BCUT2D eigenvalue weighted by molar-refractivity contribution is 5.91. The molecular formula is C25H21F2N5O2. The number of pyridine rings is 1. The van der Waals surface area contributed by atoms with E-state index in [0.717, 1.165) is 29.4 Å². The minimum Gasteiger partial charge on any atom is -0.435 e. The molecular weight excluding hydrogens is 440 g/mol. The van der Waals surface area contributed by atoms with E-state index in [0.29, 0.717) is 27.8 Å². The number of hydrogen-bond acceptors (Lipinski definition) is 5. The molecule has 0 saturated carbocycles. The maximum absolute atomic E-state index is 13.7. The second kappa shape index (κ2) is 8.66. The molecule has 0 saturated heterocycles. The normalized spacial score (nSPS) is 11.6. The number of benzene rings is 2. The molecule has 0 atom stereocenters. The van der Waals surface area contributed by atoms with Crippen LogP contribution in [0.5, 0.6) is 5.75 Å². The monoisotopic (exact) mass is 461 g/mol. The number of fused-ring (bicyclic) bond motifs is 2. The van der Waals surface area contributed by atoms with Gasteiger partial charge in [-0.2, -0.15) is 23.7 Å². The molecule has 0 fully saturated rings. The number of alkyl halides is 2. The number of nitrogens with zero attached hydrogens (tertiary/aromatic N) is 5. The second-order valence-electron chi connectivity index (χ2n) is 7.96. The SMILES string of the molecule is CCCc1ccc2nn(-c3ccc4nn(C)cc4c3)c(=O)c(-c3ccc(OC(F)F)cc3)c2n1. The standard InChI is InChI=1S/C25H21F2N5O2/c1-3-4-17-7-11-21-23(28-17)22(15-5-9-19(10-6-15)34-25(26)27)24(33)32(30-21)18-8-12-20-16(13-18)14-31(2)29-20/h5-14,25H,3-4H2,1-2H3. The number of halogens is 2. The molecule has 0 bridgehead atoms. The van der Waals surface area contributed by atoms with Gasteiger partial charge in [-0.3, -0.25) is 14.5 Å².